The first-order chi connectivity index (χ1) is 16.8. The Kier molecular flexibility index (Phi) is 7.96. The molecular formula is C26H34FN3O4S. The first-order valence-electron chi connectivity index (χ1n) is 12.2. The Balaban J connectivity index is 1.52. The quantitative estimate of drug-likeness (QED) is 0.575. The van der Waals surface area contributed by atoms with E-state index in [1.807, 2.05) is 13.0 Å². The summed E-state index contributed by atoms with van der Waals surface area (Å²) < 4.78 is 47.8. The Bertz CT molecular complexity index is 1130. The van der Waals surface area contributed by atoms with Crippen molar-refractivity contribution in [2.75, 3.05) is 44.7 Å². The van der Waals surface area contributed by atoms with Crippen molar-refractivity contribution in [1.82, 2.24) is 9.21 Å². The summed E-state index contributed by atoms with van der Waals surface area (Å²) in [5, 5.41) is 0. The summed E-state index contributed by atoms with van der Waals surface area (Å²) in [7, 11) is -2.48. The molecule has 0 aromatic heterocycles. The Morgan fingerprint density at radius 3 is 2.31 bits per heavy atom. The highest BCUT2D eigenvalue weighted by Gasteiger charge is 2.37. The number of methoxy groups -OCH3 is 1. The maximum Gasteiger partial charge on any atom is 0.247 e. The van der Waals surface area contributed by atoms with Gasteiger partial charge in [-0.05, 0) is 61.7 Å². The highest BCUT2D eigenvalue weighted by Crippen LogP contribution is 2.32. The normalized spacial score (nSPS) is 17.6. The van der Waals surface area contributed by atoms with Gasteiger partial charge < -0.3 is 14.5 Å². The second kappa shape index (κ2) is 11.0. The van der Waals surface area contributed by atoms with Gasteiger partial charge in [0.1, 0.15) is 16.5 Å². The molecule has 2 aromatic rings. The van der Waals surface area contributed by atoms with E-state index in [2.05, 4.69) is 4.90 Å². The van der Waals surface area contributed by atoms with E-state index in [9.17, 15) is 17.6 Å². The molecule has 1 saturated heterocycles. The molecule has 2 aromatic carbocycles. The number of piperazine rings is 1. The lowest BCUT2D eigenvalue weighted by Crippen LogP contribution is -2.53. The zero-order valence-corrected chi connectivity index (χ0v) is 21.3. The number of carbonyl (C=O) groups excluding carboxylic acids is 1. The smallest absolute Gasteiger partial charge is 0.247 e. The summed E-state index contributed by atoms with van der Waals surface area (Å²) in [5.41, 5.74) is 1.73. The van der Waals surface area contributed by atoms with Crippen molar-refractivity contribution in [3.8, 4) is 5.75 Å². The first-order valence-corrected chi connectivity index (χ1v) is 13.7. The number of aryl methyl sites for hydroxylation is 1. The number of amides is 1. The van der Waals surface area contributed by atoms with Crippen LogP contribution in [0.3, 0.4) is 0 Å². The Morgan fingerprint density at radius 1 is 1.03 bits per heavy atom. The van der Waals surface area contributed by atoms with Gasteiger partial charge in [0, 0.05) is 37.9 Å². The number of nitrogens with zero attached hydrogens (tertiary/aromatic N) is 3. The molecule has 2 fully saturated rings. The standard InChI is InChI=1S/C26H34FN3O4S/c1-20-8-13-24(34-2)25(18-20)35(32,33)30(23-6-4-3-5-7-23)19-26(31)29-16-14-28(15-17-29)22-11-9-21(27)10-12-22/h8-13,18,23H,3-7,14-17,19H2,1-2H3. The van der Waals surface area contributed by atoms with E-state index in [-0.39, 0.29) is 35.0 Å². The summed E-state index contributed by atoms with van der Waals surface area (Å²) in [4.78, 5) is 17.3. The van der Waals surface area contributed by atoms with Crippen molar-refractivity contribution in [2.45, 2.75) is 50.0 Å². The third-order valence-electron chi connectivity index (χ3n) is 7.00. The molecule has 190 valence electrons. The molecule has 1 amide bonds. The average Bonchev–Trinajstić information content (AvgIpc) is 2.88. The van der Waals surface area contributed by atoms with Crippen molar-refractivity contribution in [2.24, 2.45) is 0 Å². The van der Waals surface area contributed by atoms with Crippen LogP contribution in [0.15, 0.2) is 47.4 Å². The van der Waals surface area contributed by atoms with Crippen LogP contribution in [0.2, 0.25) is 0 Å². The lowest BCUT2D eigenvalue weighted by atomic mass is 9.95. The number of hydrogen-bond donors (Lipinski definition) is 0. The number of sulfonamides is 1. The molecular weight excluding hydrogens is 469 g/mol. The Labute approximate surface area is 207 Å². The molecule has 2 aliphatic rings. The fraction of sp³-hybridized carbons (Fsp3) is 0.500. The van der Waals surface area contributed by atoms with Crippen LogP contribution >= 0.6 is 0 Å². The van der Waals surface area contributed by atoms with Crippen molar-refractivity contribution in [1.29, 1.82) is 0 Å². The van der Waals surface area contributed by atoms with Crippen LogP contribution in [0.4, 0.5) is 10.1 Å². The molecule has 0 unspecified atom stereocenters. The summed E-state index contributed by atoms with van der Waals surface area (Å²) in [6, 6.07) is 11.2. The first kappa shape index (κ1) is 25.4. The number of halogens is 1. The zero-order valence-electron chi connectivity index (χ0n) is 20.5. The van der Waals surface area contributed by atoms with Crippen molar-refractivity contribution in [3.63, 3.8) is 0 Å². The van der Waals surface area contributed by atoms with Crippen LogP contribution < -0.4 is 9.64 Å². The molecule has 0 bridgehead atoms. The van der Waals surface area contributed by atoms with E-state index in [1.165, 1.54) is 23.5 Å². The highest BCUT2D eigenvalue weighted by molar-refractivity contribution is 7.89. The molecule has 1 heterocycles. The van der Waals surface area contributed by atoms with Crippen LogP contribution in [-0.2, 0) is 14.8 Å². The van der Waals surface area contributed by atoms with Crippen molar-refractivity contribution >= 4 is 21.6 Å². The summed E-state index contributed by atoms with van der Waals surface area (Å²) in [6.45, 7) is 3.86. The minimum absolute atomic E-state index is 0.111. The van der Waals surface area contributed by atoms with Gasteiger partial charge in [-0.15, -0.1) is 0 Å². The average molecular weight is 504 g/mol. The molecule has 0 radical (unpaired) electrons. The SMILES string of the molecule is COc1ccc(C)cc1S(=O)(=O)N(CC(=O)N1CCN(c2ccc(F)cc2)CC1)C1CCCCC1. The third-order valence-corrected chi connectivity index (χ3v) is 8.92. The predicted molar refractivity (Wildman–Crippen MR) is 134 cm³/mol. The van der Waals surface area contributed by atoms with Crippen LogP contribution in [-0.4, -0.2) is 69.4 Å². The fourth-order valence-electron chi connectivity index (χ4n) is 4.99. The van der Waals surface area contributed by atoms with Crippen LogP contribution in [0.25, 0.3) is 0 Å². The van der Waals surface area contributed by atoms with Crippen LogP contribution in [0.1, 0.15) is 37.7 Å². The van der Waals surface area contributed by atoms with Gasteiger partial charge in [0.25, 0.3) is 0 Å². The molecule has 7 nitrogen and oxygen atoms in total. The molecule has 1 saturated carbocycles. The fourth-order valence-corrected chi connectivity index (χ4v) is 6.87. The van der Waals surface area contributed by atoms with E-state index < -0.39 is 10.0 Å². The Morgan fingerprint density at radius 2 is 1.69 bits per heavy atom. The van der Waals surface area contributed by atoms with E-state index in [4.69, 9.17) is 4.74 Å². The summed E-state index contributed by atoms with van der Waals surface area (Å²) >= 11 is 0. The van der Waals surface area contributed by atoms with E-state index >= 15 is 0 Å². The number of ether oxygens (including phenoxy) is 1. The molecule has 0 atom stereocenters. The lowest BCUT2D eigenvalue weighted by molar-refractivity contribution is -0.132. The third kappa shape index (κ3) is 5.78. The van der Waals surface area contributed by atoms with E-state index in [1.54, 1.807) is 29.2 Å². The lowest BCUT2D eigenvalue weighted by Gasteiger charge is -2.38. The topological polar surface area (TPSA) is 70.2 Å². The molecule has 0 spiro atoms. The van der Waals surface area contributed by atoms with Crippen molar-refractivity contribution in [3.05, 3.63) is 53.8 Å². The van der Waals surface area contributed by atoms with Gasteiger partial charge >= 0.3 is 0 Å². The van der Waals surface area contributed by atoms with Crippen LogP contribution in [0.5, 0.6) is 5.75 Å². The van der Waals surface area contributed by atoms with E-state index in [0.29, 0.717) is 26.2 Å². The largest absolute Gasteiger partial charge is 0.495 e. The monoisotopic (exact) mass is 503 g/mol. The molecule has 35 heavy (non-hydrogen) atoms. The number of rotatable bonds is 7. The summed E-state index contributed by atoms with van der Waals surface area (Å²) in [5.74, 6) is -0.182. The molecule has 0 N–H and O–H groups in total. The van der Waals surface area contributed by atoms with Gasteiger partial charge in [0.2, 0.25) is 15.9 Å². The number of hydrogen-bond acceptors (Lipinski definition) is 5. The molecule has 1 aliphatic carbocycles. The van der Waals surface area contributed by atoms with Crippen molar-refractivity contribution < 1.29 is 22.3 Å². The highest BCUT2D eigenvalue weighted by atomic mass is 32.2. The second-order valence-corrected chi connectivity index (χ2v) is 11.2. The van der Waals surface area contributed by atoms with Gasteiger partial charge in [0.05, 0.1) is 13.7 Å². The summed E-state index contributed by atoms with van der Waals surface area (Å²) in [6.07, 6.45) is 4.48. The molecule has 4 rings (SSSR count). The van der Waals surface area contributed by atoms with Gasteiger partial charge in [-0.3, -0.25) is 4.79 Å². The van der Waals surface area contributed by atoms with Crippen LogP contribution in [0, 0.1) is 12.7 Å². The minimum atomic E-state index is -3.94. The second-order valence-electron chi connectivity index (χ2n) is 9.34. The van der Waals surface area contributed by atoms with E-state index in [0.717, 1.165) is 43.4 Å². The van der Waals surface area contributed by atoms with Gasteiger partial charge in [-0.2, -0.15) is 4.31 Å². The maximum absolute atomic E-state index is 13.9. The maximum atomic E-state index is 13.9. The molecule has 1 aliphatic heterocycles. The zero-order chi connectivity index (χ0) is 25.0. The minimum Gasteiger partial charge on any atom is -0.495 e. The predicted octanol–water partition coefficient (Wildman–Crippen LogP) is 3.81. The van der Waals surface area contributed by atoms with Gasteiger partial charge in [-0.1, -0.05) is 25.3 Å². The number of carbonyl (C=O) groups is 1. The Hall–Kier alpha value is -2.65. The number of anilines is 1. The van der Waals surface area contributed by atoms with Gasteiger partial charge in [0.15, 0.2) is 0 Å². The number of benzene rings is 2. The molecule has 9 heteroatoms. The van der Waals surface area contributed by atoms with Gasteiger partial charge in [-0.25, -0.2) is 12.8 Å².